The van der Waals surface area contributed by atoms with Gasteiger partial charge >= 0.3 is 5.97 Å². The van der Waals surface area contributed by atoms with Gasteiger partial charge in [-0.15, -0.1) is 10.2 Å². The second-order valence-corrected chi connectivity index (χ2v) is 10.3. The van der Waals surface area contributed by atoms with Crippen molar-refractivity contribution in [2.24, 2.45) is 11.8 Å². The van der Waals surface area contributed by atoms with Crippen molar-refractivity contribution < 1.29 is 24.1 Å². The third-order valence-corrected chi connectivity index (χ3v) is 7.38. The zero-order valence-electron chi connectivity index (χ0n) is 22.1. The number of nitrogens with zero attached hydrogens (tertiary/aromatic N) is 3. The molecule has 0 bridgehead atoms. The molecule has 2 fully saturated rings. The number of unbranched alkanes of at least 4 members (excludes halogenated alkanes) is 5. The summed E-state index contributed by atoms with van der Waals surface area (Å²) in [4.78, 5) is 11.9. The third kappa shape index (κ3) is 9.90. The Morgan fingerprint density at radius 2 is 2.06 bits per heavy atom. The number of aliphatic hydroxyl groups is 1. The molecule has 6 unspecified atom stereocenters. The molecule has 3 rings (SSSR count). The van der Waals surface area contributed by atoms with Crippen molar-refractivity contribution in [3.63, 3.8) is 0 Å². The smallest absolute Gasteiger partial charge is 0.302 e. The lowest BCUT2D eigenvalue weighted by molar-refractivity contribution is -0.193. The predicted octanol–water partition coefficient (Wildman–Crippen LogP) is 4.67. The number of esters is 1. The molecule has 204 valence electrons. The topological polar surface area (TPSA) is 119 Å². The van der Waals surface area contributed by atoms with Gasteiger partial charge in [-0.25, -0.2) is 0 Å². The van der Waals surface area contributed by atoms with Gasteiger partial charge < -0.3 is 19.3 Å². The summed E-state index contributed by atoms with van der Waals surface area (Å²) in [6, 6.07) is 0. The minimum atomic E-state index is -0.457. The number of hydrogen-bond donors (Lipinski definition) is 2. The van der Waals surface area contributed by atoms with E-state index in [1.54, 1.807) is 0 Å². The number of tetrazole rings is 1. The summed E-state index contributed by atoms with van der Waals surface area (Å²) >= 11 is 0. The first-order valence-corrected chi connectivity index (χ1v) is 14.1. The Kier molecular flexibility index (Phi) is 12.8. The molecule has 9 heteroatoms. The summed E-state index contributed by atoms with van der Waals surface area (Å²) in [5.41, 5.74) is 0. The van der Waals surface area contributed by atoms with Crippen LogP contribution in [-0.2, 0) is 25.4 Å². The van der Waals surface area contributed by atoms with Crippen LogP contribution in [0.25, 0.3) is 0 Å². The number of aromatic nitrogens is 4. The van der Waals surface area contributed by atoms with E-state index < -0.39 is 6.10 Å². The summed E-state index contributed by atoms with van der Waals surface area (Å²) in [6.07, 6.45) is 17.0. The number of hydrogen-bond acceptors (Lipinski definition) is 8. The number of nitrogens with one attached hydrogen (secondary N) is 1. The third-order valence-electron chi connectivity index (χ3n) is 7.38. The minimum Gasteiger partial charge on any atom is -0.462 e. The number of aryl methyl sites for hydroxylation is 1. The number of carbonyl (C=O) groups excluding carboxylic acids is 1. The average molecular weight is 507 g/mol. The van der Waals surface area contributed by atoms with Gasteiger partial charge in [-0.1, -0.05) is 62.8 Å². The van der Waals surface area contributed by atoms with E-state index in [2.05, 4.69) is 33.6 Å². The fourth-order valence-corrected chi connectivity index (χ4v) is 5.50. The maximum absolute atomic E-state index is 11.9. The van der Waals surface area contributed by atoms with Gasteiger partial charge in [-0.2, -0.15) is 5.21 Å². The molecule has 0 spiro atoms. The Morgan fingerprint density at radius 3 is 2.78 bits per heavy atom. The van der Waals surface area contributed by atoms with Crippen LogP contribution in [0, 0.1) is 11.8 Å². The van der Waals surface area contributed by atoms with Crippen LogP contribution in [0.1, 0.15) is 103 Å². The fourth-order valence-electron chi connectivity index (χ4n) is 5.50. The van der Waals surface area contributed by atoms with Crippen LogP contribution >= 0.6 is 0 Å². The first-order chi connectivity index (χ1) is 17.6. The number of carbonyl (C=O) groups is 1. The molecule has 0 aromatic carbocycles. The van der Waals surface area contributed by atoms with Crippen LogP contribution in [0.4, 0.5) is 0 Å². The zero-order valence-corrected chi connectivity index (χ0v) is 22.1. The Labute approximate surface area is 215 Å². The molecule has 0 amide bonds. The summed E-state index contributed by atoms with van der Waals surface area (Å²) in [6.45, 7) is 4.38. The van der Waals surface area contributed by atoms with Gasteiger partial charge in [0, 0.05) is 38.2 Å². The molecule has 2 heterocycles. The van der Waals surface area contributed by atoms with Gasteiger partial charge in [0.05, 0.1) is 12.2 Å². The number of rotatable bonds is 16. The highest BCUT2D eigenvalue weighted by Crippen LogP contribution is 2.42. The van der Waals surface area contributed by atoms with Gasteiger partial charge in [-0.05, 0) is 38.5 Å². The maximum Gasteiger partial charge on any atom is 0.302 e. The molecule has 1 aliphatic heterocycles. The highest BCUT2D eigenvalue weighted by molar-refractivity contribution is 5.66. The van der Waals surface area contributed by atoms with Crippen LogP contribution in [-0.4, -0.2) is 62.9 Å². The van der Waals surface area contributed by atoms with Crippen LogP contribution in [0.15, 0.2) is 12.2 Å². The van der Waals surface area contributed by atoms with Crippen molar-refractivity contribution in [1.82, 2.24) is 20.6 Å². The molecule has 2 N–H and O–H groups in total. The van der Waals surface area contributed by atoms with Crippen molar-refractivity contribution in [2.75, 3.05) is 6.61 Å². The molecular weight excluding hydrogens is 460 g/mol. The Hall–Kier alpha value is -1.84. The summed E-state index contributed by atoms with van der Waals surface area (Å²) in [5, 5.41) is 24.7. The average Bonchev–Trinajstić information content (AvgIpc) is 3.48. The molecule has 1 saturated heterocycles. The molecule has 6 atom stereocenters. The lowest BCUT2D eigenvalue weighted by Gasteiger charge is -2.29. The molecular formula is C27H46N4O5. The van der Waals surface area contributed by atoms with Crippen molar-refractivity contribution in [2.45, 2.75) is 128 Å². The molecule has 1 aromatic rings. The highest BCUT2D eigenvalue weighted by atomic mass is 16.7. The lowest BCUT2D eigenvalue weighted by Crippen LogP contribution is -2.30. The van der Waals surface area contributed by atoms with Crippen LogP contribution in [0.2, 0.25) is 0 Å². The van der Waals surface area contributed by atoms with Crippen molar-refractivity contribution in [3.8, 4) is 0 Å². The Morgan fingerprint density at radius 1 is 1.19 bits per heavy atom. The summed E-state index contributed by atoms with van der Waals surface area (Å²) in [7, 11) is 0. The summed E-state index contributed by atoms with van der Waals surface area (Å²) < 4.78 is 18.1. The minimum absolute atomic E-state index is 0.0834. The molecule has 36 heavy (non-hydrogen) atoms. The van der Waals surface area contributed by atoms with Gasteiger partial charge in [0.25, 0.3) is 0 Å². The quantitative estimate of drug-likeness (QED) is 0.189. The largest absolute Gasteiger partial charge is 0.462 e. The normalized spacial score (nSPS) is 27.5. The molecule has 1 aromatic heterocycles. The standard InChI is InChI=1S/C27H46N4O5/c1-3-4-7-12-21(33)16-17-23-22(13-8-5-6-9-14-26-28-30-31-29-26)24(35-20(2)32)19-25(23)36-27-15-10-11-18-34-27/h16-17,21-25,27,33H,3-15,18-19H2,1-2H3,(H,28,29,30,31). The van der Waals surface area contributed by atoms with Gasteiger partial charge in [0.1, 0.15) is 6.10 Å². The van der Waals surface area contributed by atoms with Crippen molar-refractivity contribution in [1.29, 1.82) is 0 Å². The van der Waals surface area contributed by atoms with Crippen LogP contribution in [0.3, 0.4) is 0 Å². The van der Waals surface area contributed by atoms with E-state index in [0.717, 1.165) is 95.9 Å². The monoisotopic (exact) mass is 506 g/mol. The molecule has 1 aliphatic carbocycles. The number of H-pyrrole nitrogens is 1. The lowest BCUT2D eigenvalue weighted by atomic mass is 9.87. The molecule has 1 saturated carbocycles. The summed E-state index contributed by atoms with van der Waals surface area (Å²) in [5.74, 6) is 0.758. The van der Waals surface area contributed by atoms with E-state index in [1.807, 2.05) is 6.08 Å². The number of aliphatic hydroxyl groups excluding tert-OH is 1. The maximum atomic E-state index is 11.9. The van der Waals surface area contributed by atoms with E-state index >= 15 is 0 Å². The molecule has 2 aliphatic rings. The number of ether oxygens (including phenoxy) is 3. The Balaban J connectivity index is 1.60. The molecule has 9 nitrogen and oxygen atoms in total. The van der Waals surface area contributed by atoms with Crippen molar-refractivity contribution >= 4 is 5.97 Å². The molecule has 0 radical (unpaired) electrons. The van der Waals surface area contributed by atoms with Crippen LogP contribution < -0.4 is 0 Å². The van der Waals surface area contributed by atoms with E-state index in [0.29, 0.717) is 6.42 Å². The first kappa shape index (κ1) is 28.7. The SMILES string of the molecule is CCCCCC(O)C=CC1C(OC2CCCCO2)CC(OC(C)=O)C1CCCCCCc1nn[nH]n1. The van der Waals surface area contributed by atoms with E-state index in [-0.39, 0.29) is 36.3 Å². The number of aromatic amines is 1. The fraction of sp³-hybridized carbons (Fsp3) is 0.852. The first-order valence-electron chi connectivity index (χ1n) is 14.1. The van der Waals surface area contributed by atoms with Crippen molar-refractivity contribution in [3.05, 3.63) is 18.0 Å². The van der Waals surface area contributed by atoms with Gasteiger partial charge in [0.15, 0.2) is 12.1 Å². The van der Waals surface area contributed by atoms with Gasteiger partial charge in [-0.3, -0.25) is 4.79 Å². The van der Waals surface area contributed by atoms with Crippen LogP contribution in [0.5, 0.6) is 0 Å². The Bertz CT molecular complexity index is 753. The second kappa shape index (κ2) is 16.1. The highest BCUT2D eigenvalue weighted by Gasteiger charge is 2.45. The van der Waals surface area contributed by atoms with E-state index in [4.69, 9.17) is 14.2 Å². The van der Waals surface area contributed by atoms with E-state index in [1.165, 1.54) is 6.92 Å². The van der Waals surface area contributed by atoms with Gasteiger partial charge in [0.2, 0.25) is 0 Å². The van der Waals surface area contributed by atoms with E-state index in [9.17, 15) is 9.90 Å². The second-order valence-electron chi connectivity index (χ2n) is 10.3. The zero-order chi connectivity index (χ0) is 25.6. The predicted molar refractivity (Wildman–Crippen MR) is 136 cm³/mol.